The average molecular weight is 541 g/mol. The minimum absolute atomic E-state index is 0.0548. The molecule has 39 heavy (non-hydrogen) atoms. The van der Waals surface area contributed by atoms with Crippen molar-refractivity contribution in [1.29, 1.82) is 0 Å². The quantitative estimate of drug-likeness (QED) is 0.408. The first-order valence-corrected chi connectivity index (χ1v) is 15.8. The number of ketones is 1. The van der Waals surface area contributed by atoms with Crippen molar-refractivity contribution in [2.75, 3.05) is 20.6 Å². The van der Waals surface area contributed by atoms with E-state index < -0.39 is 11.1 Å². The molecule has 5 rings (SSSR count). The second-order valence-electron chi connectivity index (χ2n) is 16.6. The van der Waals surface area contributed by atoms with Crippen molar-refractivity contribution in [3.8, 4) is 0 Å². The van der Waals surface area contributed by atoms with E-state index in [0.717, 1.165) is 25.7 Å². The standard InChI is InChI=1S/C34H56N2O3/c1-21(2)27-23(37)19-30(5)15-17-32(7)22(28(27)30)11-12-25-31(6)16-18-34(39,35-26(38)20-36(9)10)29(3,4)24(31)13-14-33(25,32)8/h21-22,24-25,39H,11-20H2,1-10H3,(H,35,38)/t22-,24+,25-,30+,31+,32-,33-,34+/m1/s1. The van der Waals surface area contributed by atoms with Gasteiger partial charge in [0.2, 0.25) is 5.91 Å². The number of hydrogen-bond acceptors (Lipinski definition) is 4. The van der Waals surface area contributed by atoms with Crippen molar-refractivity contribution >= 4 is 11.7 Å². The van der Waals surface area contributed by atoms with Crippen LogP contribution >= 0.6 is 0 Å². The summed E-state index contributed by atoms with van der Waals surface area (Å²) in [7, 11) is 3.78. The van der Waals surface area contributed by atoms with Gasteiger partial charge in [-0.2, -0.15) is 0 Å². The van der Waals surface area contributed by atoms with Gasteiger partial charge < -0.3 is 15.3 Å². The van der Waals surface area contributed by atoms with Gasteiger partial charge in [0.25, 0.3) is 0 Å². The molecule has 1 amide bonds. The average Bonchev–Trinajstić information content (AvgIpc) is 3.07. The lowest BCUT2D eigenvalue weighted by Crippen LogP contribution is -2.71. The maximum absolute atomic E-state index is 13.3. The Morgan fingerprint density at radius 1 is 0.923 bits per heavy atom. The molecule has 0 bridgehead atoms. The predicted octanol–water partition coefficient (Wildman–Crippen LogP) is 6.35. The minimum Gasteiger partial charge on any atom is -0.370 e. The van der Waals surface area contributed by atoms with Crippen LogP contribution in [0.3, 0.4) is 0 Å². The molecule has 0 aromatic rings. The van der Waals surface area contributed by atoms with Crippen LogP contribution in [0.1, 0.15) is 113 Å². The van der Waals surface area contributed by atoms with Gasteiger partial charge in [-0.15, -0.1) is 0 Å². The lowest BCUT2D eigenvalue weighted by atomic mass is 9.32. The molecule has 0 aromatic heterocycles. The summed E-state index contributed by atoms with van der Waals surface area (Å²) in [4.78, 5) is 28.0. The van der Waals surface area contributed by atoms with Crippen molar-refractivity contribution in [3.63, 3.8) is 0 Å². The third kappa shape index (κ3) is 3.84. The highest BCUT2D eigenvalue weighted by atomic mass is 16.3. The highest BCUT2D eigenvalue weighted by Crippen LogP contribution is 2.77. The molecule has 0 spiro atoms. The summed E-state index contributed by atoms with van der Waals surface area (Å²) in [5.74, 6) is 2.04. The Labute approximate surface area is 237 Å². The number of hydrogen-bond donors (Lipinski definition) is 2. The second kappa shape index (κ2) is 8.90. The van der Waals surface area contributed by atoms with Crippen molar-refractivity contribution in [1.82, 2.24) is 10.2 Å². The molecule has 0 heterocycles. The molecule has 4 fully saturated rings. The van der Waals surface area contributed by atoms with Crippen LogP contribution in [0.5, 0.6) is 0 Å². The number of nitrogens with one attached hydrogen (secondary N) is 1. The van der Waals surface area contributed by atoms with Crippen LogP contribution in [-0.4, -0.2) is 48.1 Å². The lowest BCUT2D eigenvalue weighted by molar-refractivity contribution is -0.257. The van der Waals surface area contributed by atoms with Crippen molar-refractivity contribution < 1.29 is 14.7 Å². The number of nitrogens with zero attached hydrogens (tertiary/aromatic N) is 1. The molecule has 0 unspecified atom stereocenters. The highest BCUT2D eigenvalue weighted by Gasteiger charge is 2.71. The fourth-order valence-electron chi connectivity index (χ4n) is 11.6. The molecule has 4 saturated carbocycles. The van der Waals surface area contributed by atoms with Gasteiger partial charge in [0.15, 0.2) is 5.78 Å². The predicted molar refractivity (Wildman–Crippen MR) is 157 cm³/mol. The summed E-state index contributed by atoms with van der Waals surface area (Å²) in [6, 6.07) is 0. The van der Waals surface area contributed by atoms with E-state index in [-0.39, 0.29) is 34.1 Å². The van der Waals surface area contributed by atoms with Crippen LogP contribution in [0, 0.1) is 50.7 Å². The Morgan fingerprint density at radius 2 is 1.59 bits per heavy atom. The molecule has 2 N–H and O–H groups in total. The summed E-state index contributed by atoms with van der Waals surface area (Å²) in [6.45, 7) is 19.2. The fraction of sp³-hybridized carbons (Fsp3) is 0.882. The van der Waals surface area contributed by atoms with Crippen LogP contribution in [0.4, 0.5) is 0 Å². The van der Waals surface area contributed by atoms with Crippen molar-refractivity contribution in [2.24, 2.45) is 50.7 Å². The topological polar surface area (TPSA) is 69.6 Å². The van der Waals surface area contributed by atoms with Crippen LogP contribution < -0.4 is 5.32 Å². The number of likely N-dealkylation sites (N-methyl/N-ethyl adjacent to an activating group) is 1. The maximum Gasteiger partial charge on any atom is 0.236 e. The Hall–Kier alpha value is -1.20. The fourth-order valence-corrected chi connectivity index (χ4v) is 11.6. The molecule has 5 aliphatic carbocycles. The van der Waals surface area contributed by atoms with E-state index in [1.54, 1.807) is 5.57 Å². The van der Waals surface area contributed by atoms with Gasteiger partial charge in [0, 0.05) is 11.8 Å². The SMILES string of the molecule is CC(C)C1=C2[C@H]3CC[C@@H]4[C@@]5(C)CC[C@@](O)(NC(=O)CN(C)C)C(C)(C)[C@@H]5CC[C@@]4(C)[C@]3(C)CC[C@@]2(C)CC1=O. The van der Waals surface area contributed by atoms with Crippen molar-refractivity contribution in [3.05, 3.63) is 11.1 Å². The van der Waals surface area contributed by atoms with Crippen LogP contribution in [-0.2, 0) is 9.59 Å². The first-order valence-electron chi connectivity index (χ1n) is 15.8. The number of rotatable bonds is 4. The first-order chi connectivity index (χ1) is 17.9. The molecule has 0 radical (unpaired) electrons. The molecule has 220 valence electrons. The molecule has 0 saturated heterocycles. The Balaban J connectivity index is 1.50. The van der Waals surface area contributed by atoms with E-state index in [9.17, 15) is 14.7 Å². The number of carbonyl (C=O) groups is 2. The Morgan fingerprint density at radius 3 is 2.21 bits per heavy atom. The molecule has 0 aromatic carbocycles. The number of carbonyl (C=O) groups excluding carboxylic acids is 2. The summed E-state index contributed by atoms with van der Waals surface area (Å²) < 4.78 is 0. The van der Waals surface area contributed by atoms with Gasteiger partial charge in [0.05, 0.1) is 6.54 Å². The number of amides is 1. The van der Waals surface area contributed by atoms with Gasteiger partial charge in [-0.1, -0.05) is 61.0 Å². The second-order valence-corrected chi connectivity index (χ2v) is 16.6. The van der Waals surface area contributed by atoms with Crippen LogP contribution in [0.2, 0.25) is 0 Å². The zero-order valence-electron chi connectivity index (χ0n) is 26.6. The summed E-state index contributed by atoms with van der Waals surface area (Å²) in [5, 5.41) is 15.1. The third-order valence-electron chi connectivity index (χ3n) is 13.8. The molecular weight excluding hydrogens is 484 g/mol. The highest BCUT2D eigenvalue weighted by molar-refractivity contribution is 6.00. The number of Topliss-reactive ketones (excluding diaryl/α,β-unsaturated/α-hetero) is 1. The summed E-state index contributed by atoms with van der Waals surface area (Å²) >= 11 is 0. The first kappa shape index (κ1) is 29.3. The number of fused-ring (bicyclic) bond motifs is 7. The normalized spacial score (nSPS) is 47.0. The van der Waals surface area contributed by atoms with Gasteiger partial charge in [-0.3, -0.25) is 9.59 Å². The smallest absolute Gasteiger partial charge is 0.236 e. The van der Waals surface area contributed by atoms with E-state index in [4.69, 9.17) is 0 Å². The zero-order valence-corrected chi connectivity index (χ0v) is 26.6. The number of allylic oxidation sites excluding steroid dienone is 2. The maximum atomic E-state index is 13.3. The van der Waals surface area contributed by atoms with Crippen LogP contribution in [0.15, 0.2) is 11.1 Å². The summed E-state index contributed by atoms with van der Waals surface area (Å²) in [5.41, 5.74) is 1.66. The molecule has 0 aliphatic heterocycles. The zero-order chi connectivity index (χ0) is 29.0. The summed E-state index contributed by atoms with van der Waals surface area (Å²) in [6.07, 6.45) is 9.21. The van der Waals surface area contributed by atoms with E-state index >= 15 is 0 Å². The molecular formula is C34H56N2O3. The lowest BCUT2D eigenvalue weighted by Gasteiger charge is -2.73. The molecule has 5 aliphatic rings. The monoisotopic (exact) mass is 540 g/mol. The van der Waals surface area contributed by atoms with Crippen LogP contribution in [0.25, 0.3) is 0 Å². The largest absolute Gasteiger partial charge is 0.370 e. The van der Waals surface area contributed by atoms with E-state index in [1.807, 2.05) is 19.0 Å². The van der Waals surface area contributed by atoms with Gasteiger partial charge >= 0.3 is 0 Å². The van der Waals surface area contributed by atoms with E-state index in [2.05, 4.69) is 60.7 Å². The minimum atomic E-state index is -1.19. The molecule has 8 atom stereocenters. The molecule has 5 nitrogen and oxygen atoms in total. The van der Waals surface area contributed by atoms with Gasteiger partial charge in [-0.05, 0) is 116 Å². The van der Waals surface area contributed by atoms with Gasteiger partial charge in [0.1, 0.15) is 5.72 Å². The van der Waals surface area contributed by atoms with E-state index in [0.29, 0.717) is 42.3 Å². The third-order valence-corrected chi connectivity index (χ3v) is 13.8. The van der Waals surface area contributed by atoms with E-state index in [1.165, 1.54) is 24.8 Å². The number of aliphatic hydroxyl groups is 1. The van der Waals surface area contributed by atoms with Crippen molar-refractivity contribution in [2.45, 2.75) is 119 Å². The van der Waals surface area contributed by atoms with Gasteiger partial charge in [-0.25, -0.2) is 0 Å². The molecule has 5 heteroatoms. The Bertz CT molecular complexity index is 1090. The Kier molecular flexibility index (Phi) is 6.69.